The number of fused-ring (bicyclic) bond motifs is 1. The summed E-state index contributed by atoms with van der Waals surface area (Å²) in [5.41, 5.74) is 3.67. The minimum atomic E-state index is 0.423. The molecule has 0 unspecified atom stereocenters. The Morgan fingerprint density at radius 2 is 2.10 bits per heavy atom. The fourth-order valence-corrected chi connectivity index (χ4v) is 2.32. The Labute approximate surface area is 119 Å². The maximum absolute atomic E-state index is 5.74. The molecule has 0 atom stereocenters. The van der Waals surface area contributed by atoms with Crippen molar-refractivity contribution in [3.63, 3.8) is 0 Å². The van der Waals surface area contributed by atoms with Crippen molar-refractivity contribution in [3.8, 4) is 5.75 Å². The van der Waals surface area contributed by atoms with E-state index in [0.717, 1.165) is 43.2 Å². The molecule has 1 aliphatic rings. The van der Waals surface area contributed by atoms with Gasteiger partial charge in [-0.05, 0) is 24.1 Å². The second kappa shape index (κ2) is 6.01. The predicted molar refractivity (Wildman–Crippen MR) is 77.6 cm³/mol. The Kier molecular flexibility index (Phi) is 3.92. The number of aryl methyl sites for hydroxylation is 1. The second-order valence-corrected chi connectivity index (χ2v) is 4.97. The summed E-state index contributed by atoms with van der Waals surface area (Å²) in [4.78, 5) is 8.95. The van der Waals surface area contributed by atoms with Crippen LogP contribution in [0.2, 0.25) is 0 Å². The minimum absolute atomic E-state index is 0.423. The van der Waals surface area contributed by atoms with Gasteiger partial charge in [-0.3, -0.25) is 0 Å². The van der Waals surface area contributed by atoms with Gasteiger partial charge in [-0.25, -0.2) is 9.97 Å². The number of ether oxygens (including phenoxy) is 1. The van der Waals surface area contributed by atoms with Crippen molar-refractivity contribution < 1.29 is 4.74 Å². The lowest BCUT2D eigenvalue weighted by molar-refractivity contribution is 0.295. The van der Waals surface area contributed by atoms with Crippen molar-refractivity contribution in [1.82, 2.24) is 15.3 Å². The van der Waals surface area contributed by atoms with E-state index in [2.05, 4.69) is 34.3 Å². The number of aromatic nitrogens is 2. The Bertz CT molecular complexity index is 581. The molecular formula is C16H19N3O. The molecule has 0 saturated carbocycles. The predicted octanol–water partition coefficient (Wildman–Crippen LogP) is 2.26. The number of rotatable bonds is 4. The molecule has 0 amide bonds. The van der Waals surface area contributed by atoms with E-state index in [1.807, 2.05) is 18.3 Å². The zero-order valence-electron chi connectivity index (χ0n) is 11.7. The highest BCUT2D eigenvalue weighted by Gasteiger charge is 2.11. The van der Waals surface area contributed by atoms with Gasteiger partial charge in [-0.1, -0.05) is 19.1 Å². The number of nitrogens with zero attached hydrogens (tertiary/aromatic N) is 2. The van der Waals surface area contributed by atoms with Gasteiger partial charge < -0.3 is 10.1 Å². The first kappa shape index (κ1) is 13.1. The first-order valence-corrected chi connectivity index (χ1v) is 7.11. The van der Waals surface area contributed by atoms with Crippen LogP contribution in [0.4, 0.5) is 0 Å². The van der Waals surface area contributed by atoms with Gasteiger partial charge in [0.25, 0.3) is 0 Å². The quantitative estimate of drug-likeness (QED) is 0.925. The van der Waals surface area contributed by atoms with E-state index in [4.69, 9.17) is 4.74 Å². The van der Waals surface area contributed by atoms with Crippen LogP contribution in [0.15, 0.2) is 30.5 Å². The molecule has 0 spiro atoms. The monoisotopic (exact) mass is 269 g/mol. The van der Waals surface area contributed by atoms with E-state index in [0.29, 0.717) is 6.61 Å². The summed E-state index contributed by atoms with van der Waals surface area (Å²) in [5.74, 6) is 1.62. The average Bonchev–Trinajstić information content (AvgIpc) is 2.53. The first-order chi connectivity index (χ1) is 9.85. The molecular weight excluding hydrogens is 250 g/mol. The molecule has 1 aliphatic heterocycles. The molecule has 1 N–H and O–H groups in total. The van der Waals surface area contributed by atoms with Gasteiger partial charge in [0.2, 0.25) is 0 Å². The van der Waals surface area contributed by atoms with E-state index in [1.165, 1.54) is 11.1 Å². The lowest BCUT2D eigenvalue weighted by Gasteiger charge is -2.16. The average molecular weight is 269 g/mol. The maximum atomic E-state index is 5.74. The van der Waals surface area contributed by atoms with Crippen molar-refractivity contribution in [3.05, 3.63) is 53.1 Å². The molecule has 4 heteroatoms. The Morgan fingerprint density at radius 3 is 2.90 bits per heavy atom. The molecule has 20 heavy (non-hydrogen) atoms. The molecule has 2 heterocycles. The molecule has 1 aromatic carbocycles. The van der Waals surface area contributed by atoms with Crippen LogP contribution in [0.25, 0.3) is 0 Å². The smallest absolute Gasteiger partial charge is 0.166 e. The van der Waals surface area contributed by atoms with Crippen LogP contribution in [0.1, 0.15) is 29.6 Å². The summed E-state index contributed by atoms with van der Waals surface area (Å²) in [5, 5.41) is 3.32. The molecule has 3 rings (SSSR count). The Balaban J connectivity index is 1.65. The number of hydrogen-bond acceptors (Lipinski definition) is 4. The van der Waals surface area contributed by atoms with Crippen LogP contribution in [0, 0.1) is 0 Å². The van der Waals surface area contributed by atoms with E-state index in [-0.39, 0.29) is 0 Å². The van der Waals surface area contributed by atoms with E-state index in [9.17, 15) is 0 Å². The summed E-state index contributed by atoms with van der Waals surface area (Å²) in [6.45, 7) is 4.43. The largest absolute Gasteiger partial charge is 0.486 e. The Morgan fingerprint density at radius 1 is 1.25 bits per heavy atom. The number of hydrogen-bond donors (Lipinski definition) is 1. The van der Waals surface area contributed by atoms with Crippen molar-refractivity contribution in [2.45, 2.75) is 32.9 Å². The molecule has 0 saturated heterocycles. The number of nitrogens with one attached hydrogen (secondary N) is 1. The molecule has 104 valence electrons. The standard InChI is InChI=1S/C16H19N3O/c1-2-12-3-5-14(6-4-12)20-11-16-18-10-13-9-17-8-7-15(13)19-16/h3-6,10,17H,2,7-9,11H2,1H3. The molecule has 0 bridgehead atoms. The van der Waals surface area contributed by atoms with Crippen molar-refractivity contribution in [2.75, 3.05) is 6.54 Å². The SMILES string of the molecule is CCc1ccc(OCc2ncc3c(n2)CCNC3)cc1. The molecule has 0 radical (unpaired) electrons. The first-order valence-electron chi connectivity index (χ1n) is 7.11. The summed E-state index contributed by atoms with van der Waals surface area (Å²) >= 11 is 0. The maximum Gasteiger partial charge on any atom is 0.166 e. The third-order valence-electron chi connectivity index (χ3n) is 3.56. The molecule has 0 fully saturated rings. The van der Waals surface area contributed by atoms with E-state index < -0.39 is 0 Å². The van der Waals surface area contributed by atoms with Crippen molar-refractivity contribution in [1.29, 1.82) is 0 Å². The number of benzene rings is 1. The molecule has 0 aliphatic carbocycles. The summed E-state index contributed by atoms with van der Waals surface area (Å²) < 4.78 is 5.74. The fraction of sp³-hybridized carbons (Fsp3) is 0.375. The summed E-state index contributed by atoms with van der Waals surface area (Å²) in [6, 6.07) is 8.19. The third kappa shape index (κ3) is 2.96. The zero-order valence-corrected chi connectivity index (χ0v) is 11.7. The third-order valence-corrected chi connectivity index (χ3v) is 3.56. The normalized spacial score (nSPS) is 13.8. The van der Waals surface area contributed by atoms with Gasteiger partial charge >= 0.3 is 0 Å². The highest BCUT2D eigenvalue weighted by atomic mass is 16.5. The van der Waals surface area contributed by atoms with Crippen LogP contribution in [0.3, 0.4) is 0 Å². The zero-order chi connectivity index (χ0) is 13.8. The summed E-state index contributed by atoms with van der Waals surface area (Å²) in [6.07, 6.45) is 3.92. The highest BCUT2D eigenvalue weighted by Crippen LogP contribution is 2.15. The molecule has 1 aromatic heterocycles. The van der Waals surface area contributed by atoms with Crippen LogP contribution in [-0.2, 0) is 26.0 Å². The van der Waals surface area contributed by atoms with Gasteiger partial charge in [-0.2, -0.15) is 0 Å². The van der Waals surface area contributed by atoms with E-state index >= 15 is 0 Å². The van der Waals surface area contributed by atoms with Gasteiger partial charge in [0.05, 0.1) is 0 Å². The van der Waals surface area contributed by atoms with E-state index in [1.54, 1.807) is 0 Å². The molecule has 4 nitrogen and oxygen atoms in total. The summed E-state index contributed by atoms with van der Waals surface area (Å²) in [7, 11) is 0. The fourth-order valence-electron chi connectivity index (χ4n) is 2.32. The molecule has 2 aromatic rings. The van der Waals surface area contributed by atoms with Crippen molar-refractivity contribution >= 4 is 0 Å². The second-order valence-electron chi connectivity index (χ2n) is 4.97. The van der Waals surface area contributed by atoms with Crippen LogP contribution in [0.5, 0.6) is 5.75 Å². The highest BCUT2D eigenvalue weighted by molar-refractivity contribution is 5.27. The van der Waals surface area contributed by atoms with Crippen LogP contribution in [-0.4, -0.2) is 16.5 Å². The lowest BCUT2D eigenvalue weighted by Crippen LogP contribution is -2.25. The van der Waals surface area contributed by atoms with Crippen molar-refractivity contribution in [2.24, 2.45) is 0 Å². The van der Waals surface area contributed by atoms with Gasteiger partial charge in [0, 0.05) is 37.0 Å². The Hall–Kier alpha value is -1.94. The van der Waals surface area contributed by atoms with Gasteiger partial charge in [0.1, 0.15) is 12.4 Å². The van der Waals surface area contributed by atoms with Gasteiger partial charge in [0.15, 0.2) is 5.82 Å². The van der Waals surface area contributed by atoms with Crippen LogP contribution >= 0.6 is 0 Å². The topological polar surface area (TPSA) is 47.0 Å². The lowest BCUT2D eigenvalue weighted by atomic mass is 10.1. The minimum Gasteiger partial charge on any atom is -0.486 e. The van der Waals surface area contributed by atoms with Crippen LogP contribution < -0.4 is 10.1 Å². The van der Waals surface area contributed by atoms with Gasteiger partial charge in [-0.15, -0.1) is 0 Å².